The third kappa shape index (κ3) is 2.59. The molecule has 32 heavy (non-hydrogen) atoms. The highest BCUT2D eigenvalue weighted by molar-refractivity contribution is 6.12. The molecule has 0 spiro atoms. The summed E-state index contributed by atoms with van der Waals surface area (Å²) in [6, 6.07) is 4.99. The molecule has 1 fully saturated rings. The SMILES string of the molecule is Cc1ccoc1-c1noc(C2N=CN3c4cccc(F)c4N(C4(C)CCCO4)C(=O)C23)n1. The molecular formula is C22H20FN5O4. The summed E-state index contributed by atoms with van der Waals surface area (Å²) in [5.74, 6) is 0.147. The summed E-state index contributed by atoms with van der Waals surface area (Å²) in [6.45, 7) is 4.20. The molecule has 164 valence electrons. The summed E-state index contributed by atoms with van der Waals surface area (Å²) in [5, 5.41) is 4.01. The minimum absolute atomic E-state index is 0.185. The second-order valence-corrected chi connectivity index (χ2v) is 8.36. The molecule has 10 heteroatoms. The van der Waals surface area contributed by atoms with E-state index in [0.717, 1.165) is 12.0 Å². The summed E-state index contributed by atoms with van der Waals surface area (Å²) < 4.78 is 31.9. The molecular weight excluding hydrogens is 417 g/mol. The van der Waals surface area contributed by atoms with Crippen LogP contribution in [-0.4, -0.2) is 40.8 Å². The number of amides is 1. The Morgan fingerprint density at radius 1 is 1.28 bits per heavy atom. The second-order valence-electron chi connectivity index (χ2n) is 8.36. The molecule has 5 heterocycles. The number of hydrogen-bond donors (Lipinski definition) is 0. The van der Waals surface area contributed by atoms with Crippen LogP contribution in [0.15, 0.2) is 44.5 Å². The number of para-hydroxylation sites is 1. The number of rotatable bonds is 3. The van der Waals surface area contributed by atoms with Gasteiger partial charge in [-0.25, -0.2) is 4.39 Å². The van der Waals surface area contributed by atoms with E-state index >= 15 is 4.39 Å². The van der Waals surface area contributed by atoms with Crippen molar-refractivity contribution in [2.45, 2.75) is 44.5 Å². The quantitative estimate of drug-likeness (QED) is 0.617. The standard InChI is InChI=1S/C22H20FN5O4/c1-12-7-10-30-18(12)19-25-20(32-26-19)15-17-21(29)28(22(2)8-4-9-31-22)16-13(23)5-3-6-14(16)27(17)11-24-15/h3,5-7,10-11,15,17H,4,8-9H2,1-2H3. The van der Waals surface area contributed by atoms with Crippen LogP contribution < -0.4 is 9.80 Å². The zero-order valence-electron chi connectivity index (χ0n) is 17.5. The van der Waals surface area contributed by atoms with E-state index < -0.39 is 23.6 Å². The Morgan fingerprint density at radius 2 is 2.16 bits per heavy atom. The van der Waals surface area contributed by atoms with Crippen LogP contribution in [0.4, 0.5) is 15.8 Å². The smallest absolute Gasteiger partial charge is 0.255 e. The number of halogens is 1. The van der Waals surface area contributed by atoms with Crippen LogP contribution >= 0.6 is 0 Å². The van der Waals surface area contributed by atoms with Gasteiger partial charge in [0.1, 0.15) is 23.3 Å². The number of carbonyl (C=O) groups excluding carboxylic acids is 1. The van der Waals surface area contributed by atoms with Crippen LogP contribution in [0, 0.1) is 12.7 Å². The first-order valence-corrected chi connectivity index (χ1v) is 10.4. The fraction of sp³-hybridized carbons (Fsp3) is 0.364. The molecule has 3 aliphatic rings. The van der Waals surface area contributed by atoms with Crippen LogP contribution in [0.1, 0.15) is 37.3 Å². The fourth-order valence-corrected chi connectivity index (χ4v) is 4.75. The molecule has 1 aromatic carbocycles. The maximum atomic E-state index is 15.0. The number of anilines is 2. The van der Waals surface area contributed by atoms with Gasteiger partial charge in [-0.15, -0.1) is 0 Å². The fourth-order valence-electron chi connectivity index (χ4n) is 4.75. The van der Waals surface area contributed by atoms with Gasteiger partial charge in [0.25, 0.3) is 11.8 Å². The predicted molar refractivity (Wildman–Crippen MR) is 112 cm³/mol. The zero-order valence-corrected chi connectivity index (χ0v) is 17.5. The van der Waals surface area contributed by atoms with Crippen LogP contribution in [0.5, 0.6) is 0 Å². The number of ether oxygens (including phenoxy) is 1. The lowest BCUT2D eigenvalue weighted by Crippen LogP contribution is -2.60. The van der Waals surface area contributed by atoms with E-state index in [-0.39, 0.29) is 23.3 Å². The molecule has 0 saturated carbocycles. The number of nitrogens with zero attached hydrogens (tertiary/aromatic N) is 5. The molecule has 0 aliphatic carbocycles. The van der Waals surface area contributed by atoms with E-state index in [1.54, 1.807) is 29.4 Å². The molecule has 3 aliphatic heterocycles. The first-order valence-electron chi connectivity index (χ1n) is 10.4. The molecule has 3 atom stereocenters. The Hall–Kier alpha value is -3.53. The highest BCUT2D eigenvalue weighted by atomic mass is 19.1. The van der Waals surface area contributed by atoms with Crippen molar-refractivity contribution in [3.05, 3.63) is 47.8 Å². The maximum Gasteiger partial charge on any atom is 0.255 e. The predicted octanol–water partition coefficient (Wildman–Crippen LogP) is 3.61. The molecule has 0 bridgehead atoms. The third-order valence-corrected chi connectivity index (χ3v) is 6.32. The van der Waals surface area contributed by atoms with E-state index in [0.29, 0.717) is 24.5 Å². The summed E-state index contributed by atoms with van der Waals surface area (Å²) >= 11 is 0. The Kier molecular flexibility index (Phi) is 4.03. The van der Waals surface area contributed by atoms with Gasteiger partial charge in [-0.1, -0.05) is 11.2 Å². The first kappa shape index (κ1) is 19.2. The van der Waals surface area contributed by atoms with Crippen molar-refractivity contribution in [1.29, 1.82) is 0 Å². The van der Waals surface area contributed by atoms with Gasteiger partial charge in [-0.2, -0.15) is 4.98 Å². The number of furan rings is 1. The summed E-state index contributed by atoms with van der Waals surface area (Å²) in [6.07, 6.45) is 4.47. The normalized spacial score (nSPS) is 26.7. The number of benzene rings is 1. The number of carbonyl (C=O) groups is 1. The highest BCUT2D eigenvalue weighted by Gasteiger charge is 2.54. The van der Waals surface area contributed by atoms with Gasteiger partial charge in [-0.05, 0) is 50.5 Å². The van der Waals surface area contributed by atoms with Crippen molar-refractivity contribution in [3.63, 3.8) is 0 Å². The Bertz CT molecular complexity index is 1240. The molecule has 0 radical (unpaired) electrons. The molecule has 3 aromatic rings. The van der Waals surface area contributed by atoms with Crippen molar-refractivity contribution in [2.24, 2.45) is 4.99 Å². The average molecular weight is 437 g/mol. The largest absolute Gasteiger partial charge is 0.461 e. The van der Waals surface area contributed by atoms with E-state index in [1.165, 1.54) is 17.3 Å². The van der Waals surface area contributed by atoms with Gasteiger partial charge < -0.3 is 18.6 Å². The summed E-state index contributed by atoms with van der Waals surface area (Å²) in [5.41, 5.74) is 0.657. The summed E-state index contributed by atoms with van der Waals surface area (Å²) in [7, 11) is 0. The van der Waals surface area contributed by atoms with Crippen LogP contribution in [0.25, 0.3) is 11.6 Å². The molecule has 9 nitrogen and oxygen atoms in total. The Morgan fingerprint density at radius 3 is 2.91 bits per heavy atom. The van der Waals surface area contributed by atoms with E-state index in [4.69, 9.17) is 13.7 Å². The van der Waals surface area contributed by atoms with Crippen molar-refractivity contribution in [1.82, 2.24) is 10.1 Å². The van der Waals surface area contributed by atoms with Crippen molar-refractivity contribution in [2.75, 3.05) is 16.4 Å². The third-order valence-electron chi connectivity index (χ3n) is 6.32. The monoisotopic (exact) mass is 437 g/mol. The van der Waals surface area contributed by atoms with Gasteiger partial charge in [0.15, 0.2) is 11.8 Å². The lowest BCUT2D eigenvalue weighted by atomic mass is 9.97. The molecule has 1 saturated heterocycles. The Balaban J connectivity index is 1.44. The van der Waals surface area contributed by atoms with E-state index in [1.807, 2.05) is 13.8 Å². The maximum absolute atomic E-state index is 15.0. The number of aliphatic imine (C=N–C) groups is 1. The van der Waals surface area contributed by atoms with Crippen molar-refractivity contribution < 1.29 is 22.9 Å². The lowest BCUT2D eigenvalue weighted by molar-refractivity contribution is -0.125. The molecule has 1 amide bonds. The summed E-state index contributed by atoms with van der Waals surface area (Å²) in [4.78, 5) is 25.9. The number of aromatic nitrogens is 2. The van der Waals surface area contributed by atoms with Crippen LogP contribution in [0.3, 0.4) is 0 Å². The first-order chi connectivity index (χ1) is 15.5. The average Bonchev–Trinajstić information content (AvgIpc) is 3.54. The topological polar surface area (TPSA) is 97.2 Å². The number of aryl methyl sites for hydroxylation is 1. The molecule has 3 unspecified atom stereocenters. The van der Waals surface area contributed by atoms with Gasteiger partial charge in [0.2, 0.25) is 5.82 Å². The van der Waals surface area contributed by atoms with Gasteiger partial charge in [-0.3, -0.25) is 14.7 Å². The van der Waals surface area contributed by atoms with Crippen molar-refractivity contribution >= 4 is 23.6 Å². The van der Waals surface area contributed by atoms with E-state index in [9.17, 15) is 4.79 Å². The van der Waals surface area contributed by atoms with Gasteiger partial charge in [0, 0.05) is 6.61 Å². The highest BCUT2D eigenvalue weighted by Crippen LogP contribution is 2.48. The second kappa shape index (κ2) is 6.73. The van der Waals surface area contributed by atoms with Crippen LogP contribution in [0.2, 0.25) is 0 Å². The Labute approximate surface area is 182 Å². The zero-order chi connectivity index (χ0) is 22.0. The van der Waals surface area contributed by atoms with Crippen molar-refractivity contribution in [3.8, 4) is 11.6 Å². The van der Waals surface area contributed by atoms with Crippen LogP contribution in [-0.2, 0) is 9.53 Å². The molecule has 6 rings (SSSR count). The lowest BCUT2D eigenvalue weighted by Gasteiger charge is -2.45. The number of hydrogen-bond acceptors (Lipinski definition) is 8. The minimum Gasteiger partial charge on any atom is -0.461 e. The van der Waals surface area contributed by atoms with Gasteiger partial charge >= 0.3 is 0 Å². The molecule has 2 aromatic heterocycles. The number of fused-ring (bicyclic) bond motifs is 3. The van der Waals surface area contributed by atoms with Gasteiger partial charge in [0.05, 0.1) is 18.3 Å². The van der Waals surface area contributed by atoms with E-state index in [2.05, 4.69) is 15.1 Å². The minimum atomic E-state index is -0.946. The molecule has 0 N–H and O–H groups in total.